The summed E-state index contributed by atoms with van der Waals surface area (Å²) in [4.78, 5) is 80.1. The molecule has 63 heavy (non-hydrogen) atoms. The second-order valence-electron chi connectivity index (χ2n) is 18.6. The van der Waals surface area contributed by atoms with Crippen molar-refractivity contribution in [3.63, 3.8) is 0 Å². The molecule has 3 heterocycles. The van der Waals surface area contributed by atoms with E-state index < -0.39 is 73.5 Å². The van der Waals surface area contributed by atoms with Crippen molar-refractivity contribution in [2.45, 2.75) is 153 Å². The second kappa shape index (κ2) is 21.2. The quantitative estimate of drug-likeness (QED) is 0.100. The van der Waals surface area contributed by atoms with Crippen molar-refractivity contribution in [2.24, 2.45) is 5.41 Å². The predicted molar refractivity (Wildman–Crippen MR) is 245 cm³/mol. The summed E-state index contributed by atoms with van der Waals surface area (Å²) >= 11 is 8.29. The fourth-order valence-corrected chi connectivity index (χ4v) is 10.4. The van der Waals surface area contributed by atoms with Gasteiger partial charge in [0.05, 0.1) is 31.1 Å². The maximum absolute atomic E-state index is 14.3. The van der Waals surface area contributed by atoms with Gasteiger partial charge in [-0.05, 0) is 76.9 Å². The van der Waals surface area contributed by atoms with Crippen LogP contribution in [0.3, 0.4) is 0 Å². The van der Waals surface area contributed by atoms with Crippen LogP contribution in [0.15, 0.2) is 35.9 Å². The minimum Gasteiger partial charge on any atom is -0.495 e. The molecule has 15 nitrogen and oxygen atoms in total. The van der Waals surface area contributed by atoms with E-state index in [4.69, 9.17) is 35.3 Å². The highest BCUT2D eigenvalue weighted by atomic mass is 35.5. The number of benzene rings is 1. The Morgan fingerprint density at radius 2 is 1.83 bits per heavy atom. The highest BCUT2D eigenvalue weighted by molar-refractivity contribution is 8.00. The topological polar surface area (TPSA) is 194 Å². The number of carbonyl (C=O) groups is 5. The number of ketones is 1. The fourth-order valence-electron chi connectivity index (χ4n) is 8.12. The zero-order valence-corrected chi connectivity index (χ0v) is 41.4. The van der Waals surface area contributed by atoms with Crippen LogP contribution in [-0.4, -0.2) is 134 Å². The first-order valence-corrected chi connectivity index (χ1v) is 26.0. The molecule has 1 aromatic carbocycles. The van der Waals surface area contributed by atoms with E-state index in [-0.39, 0.29) is 41.2 Å². The van der Waals surface area contributed by atoms with E-state index in [1.54, 1.807) is 45.2 Å². The summed E-state index contributed by atoms with van der Waals surface area (Å²) in [5.41, 5.74) is -2.10. The first-order valence-electron chi connectivity index (χ1n) is 21.5. The van der Waals surface area contributed by atoms with E-state index in [0.717, 1.165) is 11.1 Å². The number of Topliss-reactive ketones (excluding diaryl/α,β-unsaturated/α-hetero) is 1. The van der Waals surface area contributed by atoms with E-state index in [9.17, 15) is 33.9 Å². The molecular weight excluding hydrogens is 870 g/mol. The third-order valence-corrected chi connectivity index (χ3v) is 15.7. The fraction of sp³-hybridized carbons (Fsp3) is 0.667. The number of fused-ring (bicyclic) bond motifs is 5. The monoisotopic (exact) mass is 937 g/mol. The number of likely N-dealkylation sites (N-methyl/N-ethyl adjacent to an activating group) is 1. The molecule has 4 bridgehead atoms. The minimum atomic E-state index is -2.20. The number of ether oxygens (including phenoxy) is 5. The third kappa shape index (κ3) is 13.3. The van der Waals surface area contributed by atoms with Crippen molar-refractivity contribution in [2.75, 3.05) is 39.0 Å². The lowest BCUT2D eigenvalue weighted by molar-refractivity contribution is -0.162. The van der Waals surface area contributed by atoms with Crippen LogP contribution in [0.5, 0.6) is 5.75 Å². The van der Waals surface area contributed by atoms with Gasteiger partial charge in [-0.25, -0.2) is 9.59 Å². The average Bonchev–Trinajstić information content (AvgIpc) is 3.92. The van der Waals surface area contributed by atoms with Crippen molar-refractivity contribution in [1.29, 1.82) is 0 Å². The first kappa shape index (κ1) is 52.2. The Kier molecular flexibility index (Phi) is 17.6. The van der Waals surface area contributed by atoms with Crippen LogP contribution >= 0.6 is 23.4 Å². The first-order chi connectivity index (χ1) is 29.3. The maximum atomic E-state index is 14.3. The Hall–Kier alpha value is -3.45. The number of rotatable bonds is 15. The van der Waals surface area contributed by atoms with Crippen molar-refractivity contribution >= 4 is 67.0 Å². The molecule has 1 aromatic rings. The molecule has 1 unspecified atom stereocenters. The van der Waals surface area contributed by atoms with E-state index in [1.807, 2.05) is 46.9 Å². The van der Waals surface area contributed by atoms with Gasteiger partial charge < -0.3 is 43.4 Å². The lowest BCUT2D eigenvalue weighted by Crippen LogP contribution is -2.65. The summed E-state index contributed by atoms with van der Waals surface area (Å²) in [5.74, 6) is -0.728. The number of carbonyl (C=O) groups excluding carboxylic acids is 5. The number of nitrogens with zero attached hydrogens (tertiary/aromatic N) is 2. The lowest BCUT2D eigenvalue weighted by atomic mass is 9.73. The number of hydrogen-bond donors (Lipinski definition) is 3. The van der Waals surface area contributed by atoms with Gasteiger partial charge in [0, 0.05) is 51.1 Å². The smallest absolute Gasteiger partial charge is 0.409 e. The average molecular weight is 939 g/mol. The molecule has 3 amide bonds. The SMILES string of the molecule is COc1cc2cc(c1Cl)N(C)C(=O)C[C@H](OC(=O)[C@H](C)N(C)C(=O)CCC(C)SCC(=O)CCC[Si](C)(C)O)[C@@]1(C)O[C@H]1C(C)(C)[C@@H]1C[C@@](O)(NC(=O)O1)[C@H](OC)/C=C/C=C(\C)C2. The highest BCUT2D eigenvalue weighted by Crippen LogP contribution is 2.54. The Balaban J connectivity index is 1.60. The number of halogens is 1. The van der Waals surface area contributed by atoms with Crippen molar-refractivity contribution in [1.82, 2.24) is 10.2 Å². The van der Waals surface area contributed by atoms with E-state index in [1.165, 1.54) is 42.8 Å². The van der Waals surface area contributed by atoms with Gasteiger partial charge in [0.2, 0.25) is 11.8 Å². The van der Waals surface area contributed by atoms with Crippen LogP contribution in [0.4, 0.5) is 10.5 Å². The molecule has 4 rings (SSSR count). The number of aliphatic hydroxyl groups is 1. The molecule has 2 saturated heterocycles. The van der Waals surface area contributed by atoms with E-state index in [0.29, 0.717) is 48.9 Å². The van der Waals surface area contributed by atoms with Gasteiger partial charge in [-0.3, -0.25) is 19.7 Å². The summed E-state index contributed by atoms with van der Waals surface area (Å²) in [6.07, 6.45) is 2.23. The van der Waals surface area contributed by atoms with Crippen LogP contribution in [0.1, 0.15) is 85.6 Å². The van der Waals surface area contributed by atoms with Gasteiger partial charge >= 0.3 is 12.1 Å². The molecule has 3 aliphatic heterocycles. The molecule has 8 atom stereocenters. The van der Waals surface area contributed by atoms with Crippen LogP contribution in [0.25, 0.3) is 0 Å². The Morgan fingerprint density at radius 3 is 2.46 bits per heavy atom. The molecule has 3 aliphatic rings. The molecule has 0 aliphatic carbocycles. The molecule has 18 heteroatoms. The molecule has 0 spiro atoms. The van der Waals surface area contributed by atoms with Crippen LogP contribution in [-0.2, 0) is 44.5 Å². The van der Waals surface area contributed by atoms with Crippen molar-refractivity contribution < 1.29 is 57.6 Å². The molecule has 0 aromatic heterocycles. The number of alkyl carbamates (subject to hydrolysis) is 1. The van der Waals surface area contributed by atoms with Gasteiger partial charge in [-0.2, -0.15) is 11.8 Å². The zero-order chi connectivity index (χ0) is 47.2. The van der Waals surface area contributed by atoms with Gasteiger partial charge in [-0.15, -0.1) is 0 Å². The molecule has 352 valence electrons. The number of epoxide rings is 1. The Labute approximate surface area is 382 Å². The maximum Gasteiger partial charge on any atom is 0.409 e. The van der Waals surface area contributed by atoms with Gasteiger partial charge in [0.25, 0.3) is 0 Å². The number of hydrogen-bond acceptors (Lipinski definition) is 13. The summed E-state index contributed by atoms with van der Waals surface area (Å²) in [5, 5.41) is 14.7. The van der Waals surface area contributed by atoms with Crippen LogP contribution < -0.4 is 15.0 Å². The number of thioether (sulfide) groups is 1. The van der Waals surface area contributed by atoms with Gasteiger partial charge in [-0.1, -0.05) is 56.2 Å². The number of anilines is 1. The Bertz CT molecular complexity index is 1930. The number of amides is 3. The normalized spacial score (nSPS) is 28.6. The van der Waals surface area contributed by atoms with Crippen LogP contribution in [0, 0.1) is 5.41 Å². The largest absolute Gasteiger partial charge is 0.495 e. The number of methoxy groups -OCH3 is 2. The predicted octanol–water partition coefficient (Wildman–Crippen LogP) is 6.35. The molecule has 0 saturated carbocycles. The van der Waals surface area contributed by atoms with Crippen molar-refractivity contribution in [3.05, 3.63) is 46.5 Å². The standard InChI is InChI=1S/C45H68ClN3O12SSi/c1-27-15-13-17-34(58-10)45(55)25-36(60-42(54)47-45)43(4,5)41-44(6,61-41)35(24-38(52)49(8)32-22-30(21-27)23-33(57-9)39(32)46)59-40(53)29(3)48(7)37(51)19-18-28(2)62-26-31(50)16-14-20-63(11,12)56/h13,15,17,22-23,28-29,34-36,41,55-56H,14,16,18-21,24-26H2,1-12H3,(H,47,54)/b17-13+,27-15+/t28?,29-,34+,35-,36-,41-,44+,45-/m0/s1. The van der Waals surface area contributed by atoms with E-state index in [2.05, 4.69) is 5.32 Å². The number of nitrogens with one attached hydrogen (secondary N) is 1. The molecule has 0 radical (unpaired) electrons. The molecule has 2 fully saturated rings. The summed E-state index contributed by atoms with van der Waals surface area (Å²) in [6, 6.07) is 3.19. The zero-order valence-electron chi connectivity index (χ0n) is 38.9. The number of esters is 1. The highest BCUT2D eigenvalue weighted by Gasteiger charge is 2.68. The third-order valence-electron chi connectivity index (χ3n) is 12.4. The van der Waals surface area contributed by atoms with Gasteiger partial charge in [0.1, 0.15) is 46.5 Å². The molecule has 3 N–H and O–H groups in total. The Morgan fingerprint density at radius 1 is 1.14 bits per heavy atom. The summed E-state index contributed by atoms with van der Waals surface area (Å²) in [7, 11) is 3.80. The lowest BCUT2D eigenvalue weighted by Gasteiger charge is -2.45. The van der Waals surface area contributed by atoms with Crippen molar-refractivity contribution in [3.8, 4) is 5.75 Å². The molecular formula is C45H68ClN3O12SSi. The minimum absolute atomic E-state index is 0.00541. The summed E-state index contributed by atoms with van der Waals surface area (Å²) in [6.45, 7) is 14.5. The van der Waals surface area contributed by atoms with Crippen LogP contribution in [0.2, 0.25) is 24.2 Å². The van der Waals surface area contributed by atoms with Gasteiger partial charge in [0.15, 0.2) is 14.0 Å². The number of allylic oxidation sites excluding steroid dienone is 3. The van der Waals surface area contributed by atoms with E-state index >= 15 is 0 Å². The second-order valence-corrected chi connectivity index (χ2v) is 24.6. The summed E-state index contributed by atoms with van der Waals surface area (Å²) < 4.78 is 29.7.